The molecule has 37 heavy (non-hydrogen) atoms. The Kier molecular flexibility index (Phi) is 7.90. The van der Waals surface area contributed by atoms with Crippen molar-refractivity contribution in [2.24, 2.45) is 0 Å². The molecule has 196 valence electrons. The van der Waals surface area contributed by atoms with Crippen molar-refractivity contribution < 1.29 is 14.3 Å². The van der Waals surface area contributed by atoms with Gasteiger partial charge < -0.3 is 10.1 Å². The molecule has 1 aliphatic heterocycles. The third-order valence-corrected chi connectivity index (χ3v) is 7.61. The van der Waals surface area contributed by atoms with E-state index < -0.39 is 0 Å². The maximum atomic E-state index is 13.7. The number of halogens is 1. The van der Waals surface area contributed by atoms with Gasteiger partial charge in [-0.1, -0.05) is 62.7 Å². The highest BCUT2D eigenvalue weighted by atomic mass is 35.5. The van der Waals surface area contributed by atoms with E-state index in [2.05, 4.69) is 26.1 Å². The number of rotatable bonds is 6. The van der Waals surface area contributed by atoms with Crippen LogP contribution in [-0.4, -0.2) is 47.0 Å². The summed E-state index contributed by atoms with van der Waals surface area (Å²) in [4.78, 5) is 28.2. The zero-order chi connectivity index (χ0) is 26.9. The summed E-state index contributed by atoms with van der Waals surface area (Å²) in [6.45, 7) is 9.96. The van der Waals surface area contributed by atoms with Gasteiger partial charge in [-0.05, 0) is 32.0 Å². The molecule has 2 heterocycles. The fourth-order valence-electron chi connectivity index (χ4n) is 4.50. The van der Waals surface area contributed by atoms with E-state index >= 15 is 0 Å². The molecule has 0 spiro atoms. The first kappa shape index (κ1) is 27.1. The molecule has 1 aromatic heterocycles. The average molecular weight is 541 g/mol. The molecule has 1 unspecified atom stereocenters. The summed E-state index contributed by atoms with van der Waals surface area (Å²) in [5.41, 5.74) is 2.93. The minimum Gasteiger partial charge on any atom is -0.496 e. The van der Waals surface area contributed by atoms with Crippen molar-refractivity contribution in [3.8, 4) is 11.4 Å². The molecule has 7 nitrogen and oxygen atoms in total. The number of methoxy groups -OCH3 is 1. The molecular weight excluding hydrogens is 508 g/mol. The number of aromatic nitrogens is 2. The van der Waals surface area contributed by atoms with E-state index in [1.807, 2.05) is 56.3 Å². The van der Waals surface area contributed by atoms with E-state index in [-0.39, 0.29) is 40.8 Å². The molecule has 2 aromatic carbocycles. The molecule has 0 saturated heterocycles. The van der Waals surface area contributed by atoms with Gasteiger partial charge in [0.15, 0.2) is 0 Å². The molecule has 2 amide bonds. The van der Waals surface area contributed by atoms with E-state index in [9.17, 15) is 9.59 Å². The Labute approximate surface area is 227 Å². The van der Waals surface area contributed by atoms with Crippen molar-refractivity contribution in [3.05, 3.63) is 70.4 Å². The molecular formula is C28H33ClN4O3S. The lowest BCUT2D eigenvalue weighted by molar-refractivity contribution is -0.123. The second kappa shape index (κ2) is 10.8. The summed E-state index contributed by atoms with van der Waals surface area (Å²) >= 11 is 8.17. The number of hydrogen-bond donors (Lipinski definition) is 1. The Balaban J connectivity index is 2.05. The highest BCUT2D eigenvalue weighted by Gasteiger charge is 2.40. The highest BCUT2D eigenvalue weighted by molar-refractivity contribution is 8.00. The van der Waals surface area contributed by atoms with Gasteiger partial charge in [-0.2, -0.15) is 5.10 Å². The summed E-state index contributed by atoms with van der Waals surface area (Å²) < 4.78 is 7.46. The fourth-order valence-corrected chi connectivity index (χ4v) is 5.94. The number of para-hydroxylation sites is 2. The summed E-state index contributed by atoms with van der Waals surface area (Å²) in [7, 11) is 1.65. The van der Waals surface area contributed by atoms with Crippen LogP contribution in [0.4, 0.5) is 5.82 Å². The Morgan fingerprint density at radius 2 is 1.86 bits per heavy atom. The SMILES string of the molecule is COc1ccccc1C1SCC(=O)N(CC(=O)NC(C)C)c2c1c(C(C)(C)C)nn2-c1ccccc1Cl. The van der Waals surface area contributed by atoms with Crippen LogP contribution < -0.4 is 15.0 Å². The molecule has 0 fully saturated rings. The van der Waals surface area contributed by atoms with Crippen molar-refractivity contribution in [3.63, 3.8) is 0 Å². The van der Waals surface area contributed by atoms with Gasteiger partial charge in [0.1, 0.15) is 18.1 Å². The molecule has 1 atom stereocenters. The van der Waals surface area contributed by atoms with Crippen LogP contribution in [0.3, 0.4) is 0 Å². The summed E-state index contributed by atoms with van der Waals surface area (Å²) in [5.74, 6) is 1.08. The predicted octanol–water partition coefficient (Wildman–Crippen LogP) is 5.53. The van der Waals surface area contributed by atoms with Gasteiger partial charge in [-0.15, -0.1) is 11.8 Å². The number of nitrogens with one attached hydrogen (secondary N) is 1. The number of carbonyl (C=O) groups is 2. The molecule has 1 N–H and O–H groups in total. The van der Waals surface area contributed by atoms with Crippen molar-refractivity contribution in [1.82, 2.24) is 15.1 Å². The second-order valence-electron chi connectivity index (χ2n) is 10.3. The van der Waals surface area contributed by atoms with Crippen molar-refractivity contribution in [2.45, 2.75) is 51.3 Å². The molecule has 0 radical (unpaired) electrons. The largest absolute Gasteiger partial charge is 0.496 e. The molecule has 3 aromatic rings. The summed E-state index contributed by atoms with van der Waals surface area (Å²) in [6, 6.07) is 15.2. The molecule has 9 heteroatoms. The Hall–Kier alpha value is -2.97. The van der Waals surface area contributed by atoms with Gasteiger partial charge in [-0.3, -0.25) is 14.5 Å². The van der Waals surface area contributed by atoms with Gasteiger partial charge in [0.25, 0.3) is 0 Å². The molecule has 1 aliphatic rings. The average Bonchev–Trinajstić information content (AvgIpc) is 3.17. The van der Waals surface area contributed by atoms with Crippen LogP contribution in [0.2, 0.25) is 5.02 Å². The minimum absolute atomic E-state index is 0.0524. The standard InChI is InChI=1S/C28H33ClN4O3S/c1-17(2)30-22(34)15-32-23(35)16-37-25(18-11-7-10-14-21(18)36-6)24-26(28(3,4)5)31-33(27(24)32)20-13-9-8-12-19(20)29/h7-14,17,25H,15-16H2,1-6H3,(H,30,34). The van der Waals surface area contributed by atoms with Crippen LogP contribution in [0.25, 0.3) is 5.69 Å². The number of hydrogen-bond acceptors (Lipinski definition) is 5. The zero-order valence-electron chi connectivity index (χ0n) is 22.0. The summed E-state index contributed by atoms with van der Waals surface area (Å²) in [5, 5.41) is 8.23. The van der Waals surface area contributed by atoms with E-state index in [0.29, 0.717) is 16.5 Å². The zero-order valence-corrected chi connectivity index (χ0v) is 23.6. The number of amides is 2. The van der Waals surface area contributed by atoms with Gasteiger partial charge in [-0.25, -0.2) is 4.68 Å². The fraction of sp³-hybridized carbons (Fsp3) is 0.393. The molecule has 4 rings (SSSR count). The van der Waals surface area contributed by atoms with E-state index in [1.54, 1.807) is 22.8 Å². The lowest BCUT2D eigenvalue weighted by atomic mass is 9.87. The van der Waals surface area contributed by atoms with Crippen LogP contribution in [0.15, 0.2) is 48.5 Å². The van der Waals surface area contributed by atoms with Crippen LogP contribution in [0.1, 0.15) is 56.7 Å². The minimum atomic E-state index is -0.364. The van der Waals surface area contributed by atoms with Crippen molar-refractivity contribution in [1.29, 1.82) is 0 Å². The van der Waals surface area contributed by atoms with Crippen LogP contribution in [-0.2, 0) is 15.0 Å². The van der Waals surface area contributed by atoms with Gasteiger partial charge in [0.05, 0.1) is 34.5 Å². The van der Waals surface area contributed by atoms with E-state index in [4.69, 9.17) is 21.4 Å². The maximum Gasteiger partial charge on any atom is 0.240 e. The highest BCUT2D eigenvalue weighted by Crippen LogP contribution is 2.50. The van der Waals surface area contributed by atoms with Gasteiger partial charge in [0, 0.05) is 22.6 Å². The number of nitrogens with zero attached hydrogens (tertiary/aromatic N) is 3. The smallest absolute Gasteiger partial charge is 0.240 e. The van der Waals surface area contributed by atoms with Crippen molar-refractivity contribution in [2.75, 3.05) is 24.3 Å². The Morgan fingerprint density at radius 1 is 1.19 bits per heavy atom. The maximum absolute atomic E-state index is 13.7. The predicted molar refractivity (Wildman–Crippen MR) is 150 cm³/mol. The van der Waals surface area contributed by atoms with Crippen molar-refractivity contribution >= 4 is 41.0 Å². The van der Waals surface area contributed by atoms with E-state index in [0.717, 1.165) is 22.6 Å². The lowest BCUT2D eigenvalue weighted by Crippen LogP contribution is -2.44. The first-order valence-corrected chi connectivity index (χ1v) is 13.7. The normalized spacial score (nSPS) is 15.9. The number of benzene rings is 2. The monoisotopic (exact) mass is 540 g/mol. The van der Waals surface area contributed by atoms with Crippen LogP contribution in [0.5, 0.6) is 5.75 Å². The number of anilines is 1. The number of carbonyl (C=O) groups excluding carboxylic acids is 2. The molecule has 0 aliphatic carbocycles. The summed E-state index contributed by atoms with van der Waals surface area (Å²) in [6.07, 6.45) is 0. The number of fused-ring (bicyclic) bond motifs is 1. The Bertz CT molecular complexity index is 1310. The molecule has 0 saturated carbocycles. The quantitative estimate of drug-likeness (QED) is 0.445. The molecule has 0 bridgehead atoms. The van der Waals surface area contributed by atoms with Crippen LogP contribution in [0, 0.1) is 0 Å². The Morgan fingerprint density at radius 3 is 2.51 bits per heavy atom. The number of ether oxygens (including phenoxy) is 1. The van der Waals surface area contributed by atoms with Gasteiger partial charge >= 0.3 is 0 Å². The van der Waals surface area contributed by atoms with E-state index in [1.165, 1.54) is 11.8 Å². The topological polar surface area (TPSA) is 76.5 Å². The van der Waals surface area contributed by atoms with Gasteiger partial charge in [0.2, 0.25) is 11.8 Å². The third kappa shape index (κ3) is 5.50. The first-order chi connectivity index (χ1) is 17.5. The number of thioether (sulfide) groups is 1. The second-order valence-corrected chi connectivity index (χ2v) is 11.8. The third-order valence-electron chi connectivity index (χ3n) is 6.05. The first-order valence-electron chi connectivity index (χ1n) is 12.3. The lowest BCUT2D eigenvalue weighted by Gasteiger charge is -2.25. The van der Waals surface area contributed by atoms with Crippen LogP contribution >= 0.6 is 23.4 Å².